The molecule has 2 heterocycles. The molecule has 2 aliphatic heterocycles. The number of anilines is 1. The number of carbonyl (C=O) groups excluding carboxylic acids is 3. The topological polar surface area (TPSA) is 131 Å². The van der Waals surface area contributed by atoms with Gasteiger partial charge in [0.2, 0.25) is 6.79 Å². The van der Waals surface area contributed by atoms with Gasteiger partial charge in [-0.1, -0.05) is 28.1 Å². The number of rotatable bonds is 6. The number of nitrogens with zero attached hydrogens (tertiary/aromatic N) is 1. The number of carboxylic acid groups (broad SMARTS) is 1. The van der Waals surface area contributed by atoms with Gasteiger partial charge in [-0.05, 0) is 54.1 Å². The summed E-state index contributed by atoms with van der Waals surface area (Å²) in [5.74, 6) is -1.47. The van der Waals surface area contributed by atoms with E-state index in [1.807, 2.05) is 0 Å². The number of carboxylic acids is 1. The van der Waals surface area contributed by atoms with Gasteiger partial charge in [-0.25, -0.2) is 14.5 Å². The molecule has 3 aromatic rings. The van der Waals surface area contributed by atoms with E-state index >= 15 is 0 Å². The molecule has 1 saturated heterocycles. The van der Waals surface area contributed by atoms with Crippen LogP contribution in [-0.4, -0.2) is 35.7 Å². The lowest BCUT2D eigenvalue weighted by molar-refractivity contribution is -0.122. The summed E-state index contributed by atoms with van der Waals surface area (Å²) in [5, 5.41) is 11.2. The first-order valence-corrected chi connectivity index (χ1v) is 11.6. The van der Waals surface area contributed by atoms with E-state index in [1.54, 1.807) is 36.4 Å². The van der Waals surface area contributed by atoms with E-state index < -0.39 is 23.8 Å². The molecule has 5 rings (SSSR count). The lowest BCUT2D eigenvalue weighted by Crippen LogP contribution is -2.54. The molecule has 0 spiro atoms. The second-order valence-electron chi connectivity index (χ2n) is 7.97. The highest BCUT2D eigenvalue weighted by Crippen LogP contribution is 2.36. The number of halogens is 1. The van der Waals surface area contributed by atoms with Crippen molar-refractivity contribution in [1.82, 2.24) is 5.32 Å². The normalized spacial score (nSPS) is 15.6. The van der Waals surface area contributed by atoms with E-state index in [0.29, 0.717) is 27.3 Å². The first-order chi connectivity index (χ1) is 17.8. The zero-order valence-electron chi connectivity index (χ0n) is 18.9. The summed E-state index contributed by atoms with van der Waals surface area (Å²) in [6.07, 6.45) is 1.34. The number of hydrogen-bond acceptors (Lipinski definition) is 7. The summed E-state index contributed by atoms with van der Waals surface area (Å²) >= 11 is 3.38. The predicted octanol–water partition coefficient (Wildman–Crippen LogP) is 4.12. The van der Waals surface area contributed by atoms with E-state index in [2.05, 4.69) is 21.2 Å². The molecule has 0 atom stereocenters. The van der Waals surface area contributed by atoms with Crippen LogP contribution in [0.4, 0.5) is 10.5 Å². The van der Waals surface area contributed by atoms with Crippen LogP contribution in [0.1, 0.15) is 21.5 Å². The van der Waals surface area contributed by atoms with Crippen LogP contribution < -0.4 is 24.4 Å². The van der Waals surface area contributed by atoms with Crippen molar-refractivity contribution >= 4 is 51.5 Å². The molecule has 0 aliphatic carbocycles. The third kappa shape index (κ3) is 4.89. The fourth-order valence-corrected chi connectivity index (χ4v) is 4.12. The highest BCUT2D eigenvalue weighted by molar-refractivity contribution is 9.10. The number of aromatic carboxylic acids is 1. The van der Waals surface area contributed by atoms with Crippen molar-refractivity contribution in [3.63, 3.8) is 0 Å². The fourth-order valence-electron chi connectivity index (χ4n) is 3.74. The molecule has 0 bridgehead atoms. The van der Waals surface area contributed by atoms with Gasteiger partial charge in [0.25, 0.3) is 11.8 Å². The first-order valence-electron chi connectivity index (χ1n) is 10.9. The van der Waals surface area contributed by atoms with Crippen molar-refractivity contribution in [2.24, 2.45) is 0 Å². The van der Waals surface area contributed by atoms with E-state index in [9.17, 15) is 19.2 Å². The predicted molar refractivity (Wildman–Crippen MR) is 133 cm³/mol. The Kier molecular flexibility index (Phi) is 6.36. The van der Waals surface area contributed by atoms with Crippen molar-refractivity contribution in [2.75, 3.05) is 11.7 Å². The van der Waals surface area contributed by atoms with Crippen LogP contribution >= 0.6 is 15.9 Å². The molecule has 0 unspecified atom stereocenters. The van der Waals surface area contributed by atoms with Gasteiger partial charge in [0.1, 0.15) is 17.9 Å². The summed E-state index contributed by atoms with van der Waals surface area (Å²) in [5.41, 5.74) is 1.22. The number of carbonyl (C=O) groups is 4. The average Bonchev–Trinajstić information content (AvgIpc) is 3.34. The van der Waals surface area contributed by atoms with Gasteiger partial charge < -0.3 is 19.3 Å². The van der Waals surface area contributed by atoms with E-state index in [1.165, 1.54) is 30.3 Å². The van der Waals surface area contributed by atoms with Crippen LogP contribution in [-0.2, 0) is 16.2 Å². The zero-order chi connectivity index (χ0) is 26.1. The minimum Gasteiger partial charge on any atom is -0.488 e. The molecular weight excluding hydrogens is 548 g/mol. The molecular formula is C26H17BrN2O8. The summed E-state index contributed by atoms with van der Waals surface area (Å²) in [6, 6.07) is 14.9. The zero-order valence-corrected chi connectivity index (χ0v) is 20.5. The van der Waals surface area contributed by atoms with E-state index in [0.717, 1.165) is 10.5 Å². The van der Waals surface area contributed by atoms with Crippen molar-refractivity contribution in [2.45, 2.75) is 6.61 Å². The van der Waals surface area contributed by atoms with Crippen LogP contribution in [0.15, 0.2) is 70.7 Å². The molecule has 11 heteroatoms. The highest BCUT2D eigenvalue weighted by atomic mass is 79.9. The number of benzene rings is 3. The maximum atomic E-state index is 13.3. The molecule has 10 nitrogen and oxygen atoms in total. The molecule has 4 amide bonds. The lowest BCUT2D eigenvalue weighted by atomic mass is 10.1. The Morgan fingerprint density at radius 2 is 1.78 bits per heavy atom. The Morgan fingerprint density at radius 1 is 1.03 bits per heavy atom. The van der Waals surface area contributed by atoms with Gasteiger partial charge in [0.15, 0.2) is 11.5 Å². The number of urea groups is 1. The van der Waals surface area contributed by atoms with Crippen molar-refractivity contribution < 1.29 is 38.5 Å². The molecule has 2 aliphatic rings. The molecule has 186 valence electrons. The standard InChI is InChI=1S/C26H17BrN2O8/c27-17-5-7-20(35-12-14-1-3-15(4-2-14)25(32)33)16(9-17)10-19-23(30)28-26(34)29(24(19)31)18-6-8-21-22(11-18)37-13-36-21/h1-11H,12-13H2,(H,32,33)(H,28,30,34)/b19-10+. The Bertz CT molecular complexity index is 1480. The smallest absolute Gasteiger partial charge is 0.335 e. The van der Waals surface area contributed by atoms with Crippen molar-refractivity contribution in [3.8, 4) is 17.2 Å². The van der Waals surface area contributed by atoms with Gasteiger partial charge in [-0.15, -0.1) is 0 Å². The average molecular weight is 565 g/mol. The number of nitrogens with one attached hydrogen (secondary N) is 1. The molecule has 3 aromatic carbocycles. The van der Waals surface area contributed by atoms with Gasteiger partial charge in [-0.2, -0.15) is 0 Å². The second kappa shape index (κ2) is 9.78. The summed E-state index contributed by atoms with van der Waals surface area (Å²) < 4.78 is 17.2. The van der Waals surface area contributed by atoms with Crippen molar-refractivity contribution in [3.05, 3.63) is 87.4 Å². The second-order valence-corrected chi connectivity index (χ2v) is 8.88. The Labute approximate surface area is 218 Å². The van der Waals surface area contributed by atoms with Gasteiger partial charge in [0, 0.05) is 16.1 Å². The van der Waals surface area contributed by atoms with Crippen LogP contribution in [0.3, 0.4) is 0 Å². The Balaban J connectivity index is 1.43. The monoisotopic (exact) mass is 564 g/mol. The fraction of sp³-hybridized carbons (Fsp3) is 0.0769. The minimum absolute atomic E-state index is 0.0257. The maximum absolute atomic E-state index is 13.3. The van der Waals surface area contributed by atoms with Crippen LogP contribution in [0.2, 0.25) is 0 Å². The highest BCUT2D eigenvalue weighted by Gasteiger charge is 2.37. The summed E-state index contributed by atoms with van der Waals surface area (Å²) in [4.78, 5) is 50.4. The molecule has 1 fully saturated rings. The Morgan fingerprint density at radius 3 is 2.54 bits per heavy atom. The van der Waals surface area contributed by atoms with Crippen LogP contribution in [0, 0.1) is 0 Å². The number of amides is 4. The van der Waals surface area contributed by atoms with Gasteiger partial charge in [0.05, 0.1) is 11.3 Å². The quantitative estimate of drug-likeness (QED) is 0.337. The Hall–Kier alpha value is -4.64. The molecule has 37 heavy (non-hydrogen) atoms. The molecule has 0 saturated carbocycles. The molecule has 0 radical (unpaired) electrons. The SMILES string of the molecule is O=C1NC(=O)N(c2ccc3c(c2)OCO3)C(=O)/C1=C/c1cc(Br)ccc1OCc1ccc(C(=O)O)cc1. The third-order valence-corrected chi connectivity index (χ3v) is 6.08. The first kappa shape index (κ1) is 24.1. The minimum atomic E-state index is -1.03. The summed E-state index contributed by atoms with van der Waals surface area (Å²) in [6.45, 7) is 0.136. The van der Waals surface area contributed by atoms with Crippen LogP contribution in [0.25, 0.3) is 6.08 Å². The number of ether oxygens (including phenoxy) is 3. The largest absolute Gasteiger partial charge is 0.488 e. The molecule has 0 aromatic heterocycles. The van der Waals surface area contributed by atoms with E-state index in [4.69, 9.17) is 19.3 Å². The number of hydrogen-bond donors (Lipinski definition) is 2. The summed E-state index contributed by atoms with van der Waals surface area (Å²) in [7, 11) is 0. The van der Waals surface area contributed by atoms with Gasteiger partial charge >= 0.3 is 12.0 Å². The lowest BCUT2D eigenvalue weighted by Gasteiger charge is -2.26. The maximum Gasteiger partial charge on any atom is 0.335 e. The number of barbiturate groups is 1. The van der Waals surface area contributed by atoms with E-state index in [-0.39, 0.29) is 30.2 Å². The van der Waals surface area contributed by atoms with Crippen LogP contribution in [0.5, 0.6) is 17.2 Å². The number of imide groups is 2. The third-order valence-electron chi connectivity index (χ3n) is 5.58. The van der Waals surface area contributed by atoms with Crippen molar-refractivity contribution in [1.29, 1.82) is 0 Å². The molecule has 2 N–H and O–H groups in total. The number of fused-ring (bicyclic) bond motifs is 1. The van der Waals surface area contributed by atoms with Gasteiger partial charge in [-0.3, -0.25) is 14.9 Å².